The van der Waals surface area contributed by atoms with Crippen molar-refractivity contribution in [3.63, 3.8) is 0 Å². The number of benzene rings is 2. The van der Waals surface area contributed by atoms with Gasteiger partial charge < -0.3 is 4.57 Å². The zero-order chi connectivity index (χ0) is 19.6. The Hall–Kier alpha value is -2.40. The molecule has 0 fully saturated rings. The molecule has 1 unspecified atom stereocenters. The average Bonchev–Trinajstić information content (AvgIpc) is 2.98. The van der Waals surface area contributed by atoms with E-state index in [1.165, 1.54) is 22.9 Å². The lowest BCUT2D eigenvalue weighted by Gasteiger charge is -2.13. The zero-order valence-electron chi connectivity index (χ0n) is 16.5. The predicted octanol–water partition coefficient (Wildman–Crippen LogP) is 4.69. The zero-order valence-corrected chi connectivity index (χ0v) is 17.3. The van der Waals surface area contributed by atoms with Crippen LogP contribution in [0.4, 0.5) is 0 Å². The van der Waals surface area contributed by atoms with Crippen LogP contribution in [0.25, 0.3) is 0 Å². The first kappa shape index (κ1) is 19.4. The van der Waals surface area contributed by atoms with Gasteiger partial charge in [-0.2, -0.15) is 0 Å². The molecule has 140 valence electrons. The van der Waals surface area contributed by atoms with E-state index in [9.17, 15) is 4.79 Å². The Morgan fingerprint density at radius 1 is 1.04 bits per heavy atom. The van der Waals surface area contributed by atoms with Crippen LogP contribution in [0.2, 0.25) is 0 Å². The summed E-state index contributed by atoms with van der Waals surface area (Å²) in [4.78, 5) is 13.0. The summed E-state index contributed by atoms with van der Waals surface area (Å²) < 4.78 is 1.98. The van der Waals surface area contributed by atoms with Crippen molar-refractivity contribution in [1.82, 2.24) is 14.8 Å². The lowest BCUT2D eigenvalue weighted by atomic mass is 9.97. The number of ketones is 1. The molecule has 3 aromatic rings. The summed E-state index contributed by atoms with van der Waals surface area (Å²) in [5.41, 5.74) is 5.37. The molecule has 3 rings (SSSR count). The maximum absolute atomic E-state index is 13.0. The number of aryl methyl sites for hydroxylation is 3. The minimum atomic E-state index is -0.224. The van der Waals surface area contributed by atoms with E-state index in [-0.39, 0.29) is 11.0 Å². The highest BCUT2D eigenvalue weighted by molar-refractivity contribution is 8.00. The summed E-state index contributed by atoms with van der Waals surface area (Å²) in [6.45, 7) is 8.05. The molecule has 1 atom stereocenters. The van der Waals surface area contributed by atoms with Gasteiger partial charge in [0.25, 0.3) is 0 Å². The molecule has 1 heterocycles. The van der Waals surface area contributed by atoms with Gasteiger partial charge in [-0.05, 0) is 56.0 Å². The number of carbonyl (C=O) groups is 1. The van der Waals surface area contributed by atoms with Crippen LogP contribution in [-0.4, -0.2) is 25.8 Å². The third kappa shape index (κ3) is 4.30. The van der Waals surface area contributed by atoms with Crippen LogP contribution in [0.1, 0.15) is 45.4 Å². The second kappa shape index (κ2) is 8.09. The quantitative estimate of drug-likeness (QED) is 0.460. The third-order valence-corrected chi connectivity index (χ3v) is 6.02. The van der Waals surface area contributed by atoms with Crippen molar-refractivity contribution >= 4 is 17.5 Å². The van der Waals surface area contributed by atoms with Crippen molar-refractivity contribution in [2.24, 2.45) is 7.05 Å². The van der Waals surface area contributed by atoms with Gasteiger partial charge >= 0.3 is 0 Å². The molecule has 5 heteroatoms. The second-order valence-electron chi connectivity index (χ2n) is 7.00. The van der Waals surface area contributed by atoms with Crippen molar-refractivity contribution in [2.75, 3.05) is 0 Å². The topological polar surface area (TPSA) is 47.8 Å². The molecule has 0 saturated carbocycles. The molecule has 0 spiro atoms. The fraction of sp³-hybridized carbons (Fsp3) is 0.318. The van der Waals surface area contributed by atoms with E-state index in [1.54, 1.807) is 0 Å². The lowest BCUT2D eigenvalue weighted by Crippen LogP contribution is -2.16. The number of thioether (sulfide) groups is 1. The Morgan fingerprint density at radius 3 is 2.41 bits per heavy atom. The van der Waals surface area contributed by atoms with Crippen molar-refractivity contribution in [3.8, 4) is 0 Å². The summed E-state index contributed by atoms with van der Waals surface area (Å²) in [6, 6.07) is 14.3. The van der Waals surface area contributed by atoms with Gasteiger partial charge in [0.05, 0.1) is 5.25 Å². The fourth-order valence-electron chi connectivity index (χ4n) is 3.04. The van der Waals surface area contributed by atoms with Gasteiger partial charge in [0.1, 0.15) is 5.82 Å². The van der Waals surface area contributed by atoms with Crippen molar-refractivity contribution < 1.29 is 4.79 Å². The van der Waals surface area contributed by atoms with E-state index in [0.717, 1.165) is 34.1 Å². The van der Waals surface area contributed by atoms with E-state index in [0.29, 0.717) is 0 Å². The van der Waals surface area contributed by atoms with E-state index < -0.39 is 0 Å². The van der Waals surface area contributed by atoms with Crippen LogP contribution in [0.3, 0.4) is 0 Å². The Bertz CT molecular complexity index is 963. The summed E-state index contributed by atoms with van der Waals surface area (Å²) in [7, 11) is 1.96. The van der Waals surface area contributed by atoms with Crippen molar-refractivity contribution in [1.29, 1.82) is 0 Å². The molecule has 0 amide bonds. The van der Waals surface area contributed by atoms with Gasteiger partial charge in [0.2, 0.25) is 0 Å². The summed E-state index contributed by atoms with van der Waals surface area (Å²) in [6.07, 6.45) is 0.726. The number of carbonyl (C=O) groups excluding carboxylic acids is 1. The normalized spacial score (nSPS) is 12.2. The molecule has 0 aliphatic rings. The smallest absolute Gasteiger partial charge is 0.191 e. The molecule has 0 aliphatic heterocycles. The molecule has 0 saturated heterocycles. The standard InChI is InChI=1S/C22H25N3OS/c1-14-11-16(3)19(12-15(14)2)21(26)17(4)27-22-24-23-20(25(22)5)13-18-9-7-6-8-10-18/h6-12,17H,13H2,1-5H3. The molecule has 0 N–H and O–H groups in total. The van der Waals surface area contributed by atoms with Gasteiger partial charge in [0, 0.05) is 19.0 Å². The van der Waals surface area contributed by atoms with E-state index >= 15 is 0 Å². The van der Waals surface area contributed by atoms with Gasteiger partial charge in [-0.15, -0.1) is 10.2 Å². The van der Waals surface area contributed by atoms with Crippen LogP contribution in [0.15, 0.2) is 47.6 Å². The molecule has 0 aliphatic carbocycles. The highest BCUT2D eigenvalue weighted by Gasteiger charge is 2.22. The van der Waals surface area contributed by atoms with E-state index in [2.05, 4.69) is 35.3 Å². The summed E-state index contributed by atoms with van der Waals surface area (Å²) in [5.74, 6) is 1.03. The largest absolute Gasteiger partial charge is 0.309 e. The molecule has 2 aromatic carbocycles. The van der Waals surface area contributed by atoms with Crippen LogP contribution in [-0.2, 0) is 13.5 Å². The van der Waals surface area contributed by atoms with Crippen molar-refractivity contribution in [3.05, 3.63) is 76.1 Å². The van der Waals surface area contributed by atoms with Crippen LogP contribution >= 0.6 is 11.8 Å². The molecule has 0 bridgehead atoms. The number of aromatic nitrogens is 3. The number of Topliss-reactive ketones (excluding diaryl/α,β-unsaturated/α-hetero) is 1. The first-order chi connectivity index (χ1) is 12.9. The highest BCUT2D eigenvalue weighted by atomic mass is 32.2. The van der Waals surface area contributed by atoms with Crippen molar-refractivity contribution in [2.45, 2.75) is 44.5 Å². The number of hydrogen-bond acceptors (Lipinski definition) is 4. The first-order valence-corrected chi connectivity index (χ1v) is 9.95. The van der Waals surface area contributed by atoms with Crippen LogP contribution < -0.4 is 0 Å². The third-order valence-electron chi connectivity index (χ3n) is 4.89. The summed E-state index contributed by atoms with van der Waals surface area (Å²) >= 11 is 1.46. The minimum Gasteiger partial charge on any atom is -0.309 e. The average molecular weight is 380 g/mol. The number of nitrogens with zero attached hydrogens (tertiary/aromatic N) is 3. The molecule has 1 aromatic heterocycles. The van der Waals surface area contributed by atoms with Crippen LogP contribution in [0, 0.1) is 20.8 Å². The monoisotopic (exact) mass is 379 g/mol. The molecular formula is C22H25N3OS. The second-order valence-corrected chi connectivity index (χ2v) is 8.30. The summed E-state index contributed by atoms with van der Waals surface area (Å²) in [5, 5.41) is 9.17. The van der Waals surface area contributed by atoms with Gasteiger partial charge in [-0.1, -0.05) is 48.2 Å². The maximum Gasteiger partial charge on any atom is 0.191 e. The lowest BCUT2D eigenvalue weighted by molar-refractivity contribution is 0.0993. The molecule has 4 nitrogen and oxygen atoms in total. The molecular weight excluding hydrogens is 354 g/mol. The van der Waals surface area contributed by atoms with Gasteiger partial charge in [0.15, 0.2) is 10.9 Å². The van der Waals surface area contributed by atoms with Gasteiger partial charge in [-0.3, -0.25) is 4.79 Å². The Morgan fingerprint density at radius 2 is 1.70 bits per heavy atom. The fourth-order valence-corrected chi connectivity index (χ4v) is 3.94. The number of rotatable bonds is 6. The first-order valence-electron chi connectivity index (χ1n) is 9.07. The van der Waals surface area contributed by atoms with E-state index in [4.69, 9.17) is 0 Å². The highest BCUT2D eigenvalue weighted by Crippen LogP contribution is 2.27. The SMILES string of the molecule is Cc1cc(C)c(C(=O)C(C)Sc2nnc(Cc3ccccc3)n2C)cc1C. The minimum absolute atomic E-state index is 0.133. The number of hydrogen-bond donors (Lipinski definition) is 0. The Kier molecular flexibility index (Phi) is 5.80. The Labute approximate surface area is 165 Å². The van der Waals surface area contributed by atoms with Crippen LogP contribution in [0.5, 0.6) is 0 Å². The molecule has 27 heavy (non-hydrogen) atoms. The van der Waals surface area contributed by atoms with E-state index in [1.807, 2.05) is 56.7 Å². The maximum atomic E-state index is 13.0. The molecule has 0 radical (unpaired) electrons. The predicted molar refractivity (Wildman–Crippen MR) is 111 cm³/mol. The van der Waals surface area contributed by atoms with Gasteiger partial charge in [-0.25, -0.2) is 0 Å². The Balaban J connectivity index is 1.75.